The van der Waals surface area contributed by atoms with Gasteiger partial charge < -0.3 is 10.2 Å². The molecule has 3 aromatic rings. The number of hydrogen-bond acceptors (Lipinski definition) is 6. The number of nitrogens with one attached hydrogen (secondary N) is 2. The fourth-order valence-electron chi connectivity index (χ4n) is 3.29. The number of nitrogens with zero attached hydrogens (tertiary/aromatic N) is 3. The first-order valence-electron chi connectivity index (χ1n) is 8.23. The zero-order valence-corrected chi connectivity index (χ0v) is 14.3. The Kier molecular flexibility index (Phi) is 4.12. The van der Waals surface area contributed by atoms with E-state index in [2.05, 4.69) is 26.3 Å². The summed E-state index contributed by atoms with van der Waals surface area (Å²) in [6, 6.07) is 11.9. The molecule has 3 heterocycles. The average Bonchev–Trinajstić information content (AvgIpc) is 3.11. The topological polar surface area (TPSA) is 84.8 Å². The van der Waals surface area contributed by atoms with E-state index in [1.807, 2.05) is 35.7 Å². The Morgan fingerprint density at radius 1 is 1.36 bits per heavy atom. The van der Waals surface area contributed by atoms with Crippen LogP contribution in [0.4, 0.5) is 11.6 Å². The van der Waals surface area contributed by atoms with E-state index in [9.17, 15) is 10.1 Å². The lowest BCUT2D eigenvalue weighted by atomic mass is 10.0. The number of fused-ring (bicyclic) bond motifs is 1. The van der Waals surface area contributed by atoms with E-state index in [-0.39, 0.29) is 11.6 Å². The lowest BCUT2D eigenvalue weighted by Crippen LogP contribution is -2.43. The largest absolute Gasteiger partial charge is 0.368 e. The molecule has 7 heteroatoms. The summed E-state index contributed by atoms with van der Waals surface area (Å²) in [5.41, 5.74) is 2.27. The molecule has 25 heavy (non-hydrogen) atoms. The highest BCUT2D eigenvalue weighted by Crippen LogP contribution is 2.24. The molecule has 1 aliphatic rings. The molecule has 1 aliphatic heterocycles. The molecule has 2 N–H and O–H groups in total. The van der Waals surface area contributed by atoms with Gasteiger partial charge in [-0.3, -0.25) is 9.78 Å². The average molecular weight is 351 g/mol. The highest BCUT2D eigenvalue weighted by atomic mass is 32.1. The van der Waals surface area contributed by atoms with Crippen LogP contribution in [0.5, 0.6) is 0 Å². The number of nitriles is 1. The Bertz CT molecular complexity index is 1000. The van der Waals surface area contributed by atoms with Gasteiger partial charge in [-0.1, -0.05) is 12.1 Å². The van der Waals surface area contributed by atoms with Crippen LogP contribution in [0.15, 0.2) is 40.5 Å². The minimum atomic E-state index is -0.106. The lowest BCUT2D eigenvalue weighted by Gasteiger charge is -2.35. The number of aromatic nitrogens is 2. The van der Waals surface area contributed by atoms with E-state index in [1.54, 1.807) is 0 Å². The predicted molar refractivity (Wildman–Crippen MR) is 100 cm³/mol. The first-order chi connectivity index (χ1) is 12.2. The fourth-order valence-corrected chi connectivity index (χ4v) is 4.02. The molecule has 1 atom stereocenters. The summed E-state index contributed by atoms with van der Waals surface area (Å²) in [7, 11) is 0. The smallest absolute Gasteiger partial charge is 0.270 e. The van der Waals surface area contributed by atoms with Crippen LogP contribution in [-0.2, 0) is 0 Å². The quantitative estimate of drug-likeness (QED) is 0.758. The van der Waals surface area contributed by atoms with Crippen LogP contribution in [0.1, 0.15) is 18.4 Å². The van der Waals surface area contributed by atoms with Gasteiger partial charge in [0.05, 0.1) is 16.8 Å². The summed E-state index contributed by atoms with van der Waals surface area (Å²) in [6.07, 6.45) is 2.01. The molecule has 1 unspecified atom stereocenters. The minimum absolute atomic E-state index is 0.106. The fraction of sp³-hybridized carbons (Fsp3) is 0.278. The van der Waals surface area contributed by atoms with Gasteiger partial charge in [-0.15, -0.1) is 11.3 Å². The number of thiophene rings is 1. The number of piperidine rings is 1. The van der Waals surface area contributed by atoms with Crippen molar-refractivity contribution in [3.63, 3.8) is 0 Å². The Labute approximate surface area is 148 Å². The van der Waals surface area contributed by atoms with Crippen LogP contribution in [0.25, 0.3) is 10.2 Å². The molecular formula is C18H17N5OS. The molecule has 126 valence electrons. The van der Waals surface area contributed by atoms with Gasteiger partial charge in [0, 0.05) is 19.1 Å². The first kappa shape index (κ1) is 15.7. The predicted octanol–water partition coefficient (Wildman–Crippen LogP) is 2.94. The van der Waals surface area contributed by atoms with Gasteiger partial charge in [-0.2, -0.15) is 5.26 Å². The number of aromatic amines is 1. The lowest BCUT2D eigenvalue weighted by molar-refractivity contribution is 0.527. The highest BCUT2D eigenvalue weighted by Gasteiger charge is 2.22. The van der Waals surface area contributed by atoms with Gasteiger partial charge in [0.25, 0.3) is 5.56 Å². The number of hydrogen-bond donors (Lipinski definition) is 2. The van der Waals surface area contributed by atoms with Gasteiger partial charge in [0.15, 0.2) is 0 Å². The summed E-state index contributed by atoms with van der Waals surface area (Å²) < 4.78 is 0.652. The van der Waals surface area contributed by atoms with Gasteiger partial charge in [-0.25, -0.2) is 4.98 Å². The van der Waals surface area contributed by atoms with Crippen LogP contribution in [0.2, 0.25) is 0 Å². The Balaban J connectivity index is 1.55. The van der Waals surface area contributed by atoms with Crippen molar-refractivity contribution in [2.24, 2.45) is 0 Å². The van der Waals surface area contributed by atoms with Crippen LogP contribution in [-0.4, -0.2) is 29.1 Å². The van der Waals surface area contributed by atoms with Gasteiger partial charge in [0.1, 0.15) is 10.8 Å². The third-order valence-corrected chi connectivity index (χ3v) is 5.34. The molecule has 0 saturated carbocycles. The van der Waals surface area contributed by atoms with Gasteiger partial charge >= 0.3 is 0 Å². The summed E-state index contributed by atoms with van der Waals surface area (Å²) in [4.78, 5) is 21.6. The summed E-state index contributed by atoms with van der Waals surface area (Å²) in [6.45, 7) is 1.69. The van der Waals surface area contributed by atoms with Crippen LogP contribution in [0.3, 0.4) is 0 Å². The molecule has 1 saturated heterocycles. The normalized spacial score (nSPS) is 17.4. The third-order valence-electron chi connectivity index (χ3n) is 4.44. The summed E-state index contributed by atoms with van der Waals surface area (Å²) in [5, 5.41) is 14.5. The number of benzene rings is 1. The van der Waals surface area contributed by atoms with E-state index in [1.165, 1.54) is 11.3 Å². The molecule has 4 rings (SSSR count). The zero-order valence-electron chi connectivity index (χ0n) is 13.5. The molecule has 0 amide bonds. The second-order valence-electron chi connectivity index (χ2n) is 6.11. The Hall–Kier alpha value is -2.85. The van der Waals surface area contributed by atoms with Crippen LogP contribution < -0.4 is 15.8 Å². The molecule has 6 nitrogen and oxygen atoms in total. The molecule has 0 spiro atoms. The van der Waals surface area contributed by atoms with Crippen molar-refractivity contribution in [2.75, 3.05) is 23.3 Å². The van der Waals surface area contributed by atoms with Crippen molar-refractivity contribution in [1.29, 1.82) is 5.26 Å². The molecular weight excluding hydrogens is 334 g/mol. The zero-order chi connectivity index (χ0) is 17.2. The van der Waals surface area contributed by atoms with Crippen LogP contribution >= 0.6 is 11.3 Å². The second kappa shape index (κ2) is 6.57. The molecule has 1 aromatic carbocycles. The van der Waals surface area contributed by atoms with Crippen molar-refractivity contribution in [3.8, 4) is 6.07 Å². The van der Waals surface area contributed by atoms with E-state index >= 15 is 0 Å². The van der Waals surface area contributed by atoms with Crippen molar-refractivity contribution >= 4 is 33.2 Å². The van der Waals surface area contributed by atoms with E-state index in [0.29, 0.717) is 16.2 Å². The second-order valence-corrected chi connectivity index (χ2v) is 7.02. The molecule has 0 bridgehead atoms. The van der Waals surface area contributed by atoms with Gasteiger partial charge in [-0.05, 0) is 36.4 Å². The highest BCUT2D eigenvalue weighted by molar-refractivity contribution is 7.17. The Morgan fingerprint density at radius 2 is 2.24 bits per heavy atom. The summed E-state index contributed by atoms with van der Waals surface area (Å²) in [5.74, 6) is 0.510. The Morgan fingerprint density at radius 3 is 3.12 bits per heavy atom. The number of H-pyrrole nitrogens is 1. The minimum Gasteiger partial charge on any atom is -0.368 e. The number of para-hydroxylation sites is 1. The maximum absolute atomic E-state index is 12.1. The van der Waals surface area contributed by atoms with E-state index < -0.39 is 0 Å². The molecule has 1 fully saturated rings. The first-order valence-corrected chi connectivity index (χ1v) is 9.11. The van der Waals surface area contributed by atoms with Crippen molar-refractivity contribution in [1.82, 2.24) is 9.97 Å². The van der Waals surface area contributed by atoms with Gasteiger partial charge in [0.2, 0.25) is 5.95 Å². The third kappa shape index (κ3) is 3.08. The SMILES string of the molecule is N#Cc1ccccc1N1CCCC(Nc2nc3ccsc3c(=O)[nH]2)C1. The maximum Gasteiger partial charge on any atom is 0.270 e. The van der Waals surface area contributed by atoms with E-state index in [4.69, 9.17) is 0 Å². The standard InChI is InChI=1S/C18H17N5OS/c19-10-12-4-1-2-6-15(12)23-8-3-5-13(11-23)20-18-21-14-7-9-25-16(14)17(24)22-18/h1-2,4,6-7,9,13H,3,5,8,11H2,(H2,20,21,22,24). The number of rotatable bonds is 3. The molecule has 0 aliphatic carbocycles. The summed E-state index contributed by atoms with van der Waals surface area (Å²) >= 11 is 1.40. The number of anilines is 2. The van der Waals surface area contributed by atoms with Crippen molar-refractivity contribution in [3.05, 3.63) is 51.6 Å². The molecule has 0 radical (unpaired) electrons. The maximum atomic E-state index is 12.1. The monoisotopic (exact) mass is 351 g/mol. The van der Waals surface area contributed by atoms with E-state index in [0.717, 1.165) is 37.1 Å². The van der Waals surface area contributed by atoms with Crippen LogP contribution in [0, 0.1) is 11.3 Å². The van der Waals surface area contributed by atoms with Crippen molar-refractivity contribution in [2.45, 2.75) is 18.9 Å². The van der Waals surface area contributed by atoms with Crippen molar-refractivity contribution < 1.29 is 0 Å². The molecule has 2 aromatic heterocycles.